The van der Waals surface area contributed by atoms with Gasteiger partial charge in [0.1, 0.15) is 0 Å². The second kappa shape index (κ2) is 5.26. The first-order chi connectivity index (χ1) is 8.63. The molecule has 7 heteroatoms. The van der Waals surface area contributed by atoms with Gasteiger partial charge in [-0.1, -0.05) is 6.07 Å². The summed E-state index contributed by atoms with van der Waals surface area (Å²) in [6.45, 7) is 1.66. The summed E-state index contributed by atoms with van der Waals surface area (Å²) in [4.78, 5) is 15.7. The van der Waals surface area contributed by atoms with E-state index in [0.29, 0.717) is 4.88 Å². The summed E-state index contributed by atoms with van der Waals surface area (Å²) in [5.41, 5.74) is -0.683. The molecule has 0 aliphatic carbocycles. The van der Waals surface area contributed by atoms with E-state index in [1.807, 2.05) is 0 Å². The molecule has 0 saturated heterocycles. The molecule has 2 aromatic rings. The molecule has 0 saturated carbocycles. The number of aromatic nitrogens is 1. The number of ether oxygens (including phenoxy) is 1. The molecule has 0 aliphatic heterocycles. The lowest BCUT2D eigenvalue weighted by molar-refractivity contribution is 0.0476. The van der Waals surface area contributed by atoms with Crippen molar-refractivity contribution in [3.8, 4) is 10.8 Å². The summed E-state index contributed by atoms with van der Waals surface area (Å²) < 4.78 is 35.2. The van der Waals surface area contributed by atoms with Crippen LogP contribution in [0.1, 0.15) is 29.6 Å². The fraction of sp³-hybridized carbons (Fsp3) is 0.273. The molecule has 0 unspecified atom stereocenters. The van der Waals surface area contributed by atoms with Crippen LogP contribution in [0.4, 0.5) is 8.78 Å². The van der Waals surface area contributed by atoms with E-state index in [-0.39, 0.29) is 12.5 Å². The summed E-state index contributed by atoms with van der Waals surface area (Å²) in [6, 6.07) is 3.40. The number of rotatable bonds is 4. The largest absolute Gasteiger partial charge is 0.460 e. The monoisotopic (exact) mass is 273 g/mol. The molecular formula is C11H9F2NO3S. The maximum atomic E-state index is 12.8. The van der Waals surface area contributed by atoms with Crippen molar-refractivity contribution in [2.45, 2.75) is 13.3 Å². The Kier molecular flexibility index (Phi) is 3.71. The average molecular weight is 273 g/mol. The third kappa shape index (κ3) is 2.40. The number of carbonyl (C=O) groups is 1. The number of hydrogen-bond donors (Lipinski definition) is 0. The van der Waals surface area contributed by atoms with E-state index in [1.54, 1.807) is 24.4 Å². The Bertz CT molecular complexity index is 536. The zero-order valence-corrected chi connectivity index (χ0v) is 10.2. The van der Waals surface area contributed by atoms with Gasteiger partial charge in [0.2, 0.25) is 11.7 Å². The Morgan fingerprint density at radius 3 is 2.94 bits per heavy atom. The van der Waals surface area contributed by atoms with Gasteiger partial charge in [-0.25, -0.2) is 18.6 Å². The lowest BCUT2D eigenvalue weighted by atomic mass is 10.3. The lowest BCUT2D eigenvalue weighted by Crippen LogP contribution is -2.06. The molecule has 0 bridgehead atoms. The van der Waals surface area contributed by atoms with E-state index in [4.69, 9.17) is 4.42 Å². The van der Waals surface area contributed by atoms with Crippen molar-refractivity contribution in [2.75, 3.05) is 6.61 Å². The van der Waals surface area contributed by atoms with Crippen molar-refractivity contribution in [3.63, 3.8) is 0 Å². The van der Waals surface area contributed by atoms with Crippen LogP contribution in [-0.4, -0.2) is 17.6 Å². The van der Waals surface area contributed by atoms with Gasteiger partial charge in [-0.15, -0.1) is 11.3 Å². The summed E-state index contributed by atoms with van der Waals surface area (Å²) in [7, 11) is 0. The average Bonchev–Trinajstić information content (AvgIpc) is 2.98. The molecule has 18 heavy (non-hydrogen) atoms. The fourth-order valence-corrected chi connectivity index (χ4v) is 1.98. The Hall–Kier alpha value is -1.76. The second-order valence-electron chi connectivity index (χ2n) is 3.23. The van der Waals surface area contributed by atoms with Gasteiger partial charge in [0.05, 0.1) is 11.5 Å². The van der Waals surface area contributed by atoms with Crippen molar-refractivity contribution in [1.82, 2.24) is 4.98 Å². The number of esters is 1. The van der Waals surface area contributed by atoms with Crippen LogP contribution >= 0.6 is 11.3 Å². The van der Waals surface area contributed by atoms with Gasteiger partial charge in [-0.3, -0.25) is 0 Å². The molecule has 2 rings (SSSR count). The molecule has 0 aromatic carbocycles. The first kappa shape index (κ1) is 12.7. The van der Waals surface area contributed by atoms with Gasteiger partial charge >= 0.3 is 5.97 Å². The van der Waals surface area contributed by atoms with Crippen LogP contribution in [0.25, 0.3) is 10.8 Å². The van der Waals surface area contributed by atoms with Gasteiger partial charge < -0.3 is 9.15 Å². The number of oxazole rings is 1. The smallest absolute Gasteiger partial charge is 0.376 e. The molecule has 2 aromatic heterocycles. The van der Waals surface area contributed by atoms with Gasteiger partial charge in [0.15, 0.2) is 5.69 Å². The molecular weight excluding hydrogens is 264 g/mol. The predicted molar refractivity (Wildman–Crippen MR) is 60.7 cm³/mol. The van der Waals surface area contributed by atoms with E-state index in [2.05, 4.69) is 9.72 Å². The van der Waals surface area contributed by atoms with Crippen molar-refractivity contribution in [1.29, 1.82) is 0 Å². The Balaban J connectivity index is 2.42. The van der Waals surface area contributed by atoms with Crippen LogP contribution in [-0.2, 0) is 4.74 Å². The van der Waals surface area contributed by atoms with E-state index in [1.165, 1.54) is 11.3 Å². The molecule has 2 heterocycles. The van der Waals surface area contributed by atoms with Crippen molar-refractivity contribution in [2.24, 2.45) is 0 Å². The second-order valence-corrected chi connectivity index (χ2v) is 4.18. The minimum absolute atomic E-state index is 0.00310. The number of nitrogens with zero attached hydrogens (tertiary/aromatic N) is 1. The summed E-state index contributed by atoms with van der Waals surface area (Å²) in [5, 5.41) is 1.76. The van der Waals surface area contributed by atoms with Crippen molar-refractivity contribution >= 4 is 17.3 Å². The molecule has 4 nitrogen and oxygen atoms in total. The first-order valence-electron chi connectivity index (χ1n) is 5.13. The lowest BCUT2D eigenvalue weighted by Gasteiger charge is -1.99. The van der Waals surface area contributed by atoms with Crippen LogP contribution in [0, 0.1) is 0 Å². The normalized spacial score (nSPS) is 10.9. The zero-order valence-electron chi connectivity index (χ0n) is 9.35. The molecule has 0 N–H and O–H groups in total. The summed E-state index contributed by atoms with van der Waals surface area (Å²) in [6.07, 6.45) is -2.89. The quantitative estimate of drug-likeness (QED) is 0.800. The van der Waals surface area contributed by atoms with Gasteiger partial charge in [-0.05, 0) is 18.4 Å². The number of hydrogen-bond acceptors (Lipinski definition) is 5. The third-order valence-electron chi connectivity index (χ3n) is 2.05. The molecule has 96 valence electrons. The highest BCUT2D eigenvalue weighted by molar-refractivity contribution is 7.13. The Labute approximate surface area is 105 Å². The van der Waals surface area contributed by atoms with E-state index < -0.39 is 23.8 Å². The van der Waals surface area contributed by atoms with Crippen LogP contribution in [0.5, 0.6) is 0 Å². The number of halogens is 2. The SMILES string of the molecule is CCOC(=O)c1oc(-c2cccs2)nc1C(F)F. The Morgan fingerprint density at radius 2 is 2.39 bits per heavy atom. The topological polar surface area (TPSA) is 52.3 Å². The van der Waals surface area contributed by atoms with Gasteiger partial charge in [-0.2, -0.15) is 0 Å². The van der Waals surface area contributed by atoms with Crippen LogP contribution in [0.15, 0.2) is 21.9 Å². The standard InChI is InChI=1S/C11H9F2NO3S/c1-2-16-11(15)8-7(9(12)13)14-10(17-8)6-4-3-5-18-6/h3-5,9H,2H2,1H3. The highest BCUT2D eigenvalue weighted by Crippen LogP contribution is 2.30. The third-order valence-corrected chi connectivity index (χ3v) is 2.91. The highest BCUT2D eigenvalue weighted by atomic mass is 32.1. The molecule has 0 fully saturated rings. The molecule has 0 atom stereocenters. The van der Waals surface area contributed by atoms with Crippen molar-refractivity contribution < 1.29 is 22.7 Å². The van der Waals surface area contributed by atoms with E-state index >= 15 is 0 Å². The summed E-state index contributed by atoms with van der Waals surface area (Å²) >= 11 is 1.28. The minimum atomic E-state index is -2.89. The molecule has 0 spiro atoms. The van der Waals surface area contributed by atoms with E-state index in [9.17, 15) is 13.6 Å². The van der Waals surface area contributed by atoms with Gasteiger partial charge in [0.25, 0.3) is 6.43 Å². The van der Waals surface area contributed by atoms with Gasteiger partial charge in [0, 0.05) is 0 Å². The molecule has 0 radical (unpaired) electrons. The minimum Gasteiger partial charge on any atom is -0.460 e. The van der Waals surface area contributed by atoms with Crippen LogP contribution in [0.2, 0.25) is 0 Å². The predicted octanol–water partition coefficient (Wildman–Crippen LogP) is 3.52. The fourth-order valence-electron chi connectivity index (χ4n) is 1.33. The maximum Gasteiger partial charge on any atom is 0.376 e. The van der Waals surface area contributed by atoms with Crippen LogP contribution < -0.4 is 0 Å². The Morgan fingerprint density at radius 1 is 1.61 bits per heavy atom. The first-order valence-corrected chi connectivity index (χ1v) is 6.01. The number of carbonyl (C=O) groups excluding carboxylic acids is 1. The maximum absolute atomic E-state index is 12.8. The highest BCUT2D eigenvalue weighted by Gasteiger charge is 2.28. The molecule has 0 aliphatic rings. The number of thiophene rings is 1. The van der Waals surface area contributed by atoms with Crippen molar-refractivity contribution in [3.05, 3.63) is 29.0 Å². The van der Waals surface area contributed by atoms with Crippen LogP contribution in [0.3, 0.4) is 0 Å². The zero-order chi connectivity index (χ0) is 13.1. The molecule has 0 amide bonds. The summed E-state index contributed by atoms with van der Waals surface area (Å²) in [5.74, 6) is -1.46. The van der Waals surface area contributed by atoms with E-state index in [0.717, 1.165) is 0 Å². The number of alkyl halides is 2.